The molecule has 66 valence electrons. The lowest BCUT2D eigenvalue weighted by molar-refractivity contribution is 0.583. The lowest BCUT2D eigenvalue weighted by atomic mass is 10.3. The molecule has 0 saturated heterocycles. The molecular formula is C9H9N3O. The number of hydrogen-bond donors (Lipinski definition) is 0. The zero-order valence-corrected chi connectivity index (χ0v) is 7.21. The van der Waals surface area contributed by atoms with Crippen molar-refractivity contribution in [1.29, 1.82) is 0 Å². The summed E-state index contributed by atoms with van der Waals surface area (Å²) in [6.45, 7) is 0. The van der Waals surface area contributed by atoms with E-state index in [2.05, 4.69) is 5.10 Å². The van der Waals surface area contributed by atoms with E-state index >= 15 is 0 Å². The minimum Gasteiger partial charge on any atom is -0.266 e. The lowest BCUT2D eigenvalue weighted by Gasteiger charge is -2.03. The molecule has 0 N–H and O–H groups in total. The summed E-state index contributed by atoms with van der Waals surface area (Å²) in [5.41, 5.74) is 0.774. The Labute approximate surface area is 75.0 Å². The van der Waals surface area contributed by atoms with Gasteiger partial charge in [0.2, 0.25) is 0 Å². The molecule has 2 rings (SSSR count). The van der Waals surface area contributed by atoms with E-state index in [0.717, 1.165) is 5.69 Å². The highest BCUT2D eigenvalue weighted by Gasteiger charge is 2.00. The maximum Gasteiger partial charge on any atom is 0.286 e. The molecule has 2 aromatic rings. The van der Waals surface area contributed by atoms with E-state index < -0.39 is 0 Å². The number of aromatic nitrogens is 3. The molecule has 1 aromatic heterocycles. The third kappa shape index (κ3) is 1.26. The molecule has 0 fully saturated rings. The average Bonchev–Trinajstić information content (AvgIpc) is 2.49. The highest BCUT2D eigenvalue weighted by molar-refractivity contribution is 5.28. The van der Waals surface area contributed by atoms with E-state index in [0.29, 0.717) is 0 Å². The van der Waals surface area contributed by atoms with Crippen molar-refractivity contribution in [3.8, 4) is 5.69 Å². The first-order chi connectivity index (χ1) is 6.29. The summed E-state index contributed by atoms with van der Waals surface area (Å²) in [6, 6.07) is 9.52. The third-order valence-corrected chi connectivity index (χ3v) is 1.87. The third-order valence-electron chi connectivity index (χ3n) is 1.87. The van der Waals surface area contributed by atoms with Gasteiger partial charge in [0.25, 0.3) is 5.56 Å². The van der Waals surface area contributed by atoms with Crippen LogP contribution in [0.4, 0.5) is 0 Å². The first-order valence-corrected chi connectivity index (χ1v) is 3.96. The lowest BCUT2D eigenvalue weighted by Crippen LogP contribution is -2.17. The van der Waals surface area contributed by atoms with E-state index in [1.165, 1.54) is 10.9 Å². The van der Waals surface area contributed by atoms with E-state index in [-0.39, 0.29) is 5.56 Å². The van der Waals surface area contributed by atoms with Crippen LogP contribution in [0.25, 0.3) is 5.69 Å². The Hall–Kier alpha value is -1.84. The van der Waals surface area contributed by atoms with Gasteiger partial charge in [-0.25, -0.2) is 4.68 Å². The Morgan fingerprint density at radius 1 is 1.23 bits per heavy atom. The number of benzene rings is 1. The van der Waals surface area contributed by atoms with Crippen LogP contribution in [-0.2, 0) is 7.05 Å². The van der Waals surface area contributed by atoms with Crippen molar-refractivity contribution in [2.45, 2.75) is 0 Å². The van der Waals surface area contributed by atoms with Crippen LogP contribution in [-0.4, -0.2) is 14.6 Å². The van der Waals surface area contributed by atoms with Gasteiger partial charge in [0, 0.05) is 7.05 Å². The highest BCUT2D eigenvalue weighted by atomic mass is 16.1. The zero-order valence-electron chi connectivity index (χ0n) is 7.21. The Balaban J connectivity index is 2.60. The normalized spacial score (nSPS) is 10.2. The van der Waals surface area contributed by atoms with Gasteiger partial charge in [-0.2, -0.15) is 9.90 Å². The van der Waals surface area contributed by atoms with Crippen LogP contribution in [0.3, 0.4) is 0 Å². The maximum absolute atomic E-state index is 11.1. The summed E-state index contributed by atoms with van der Waals surface area (Å²) < 4.78 is 1.45. The number of hydrogen-bond acceptors (Lipinski definition) is 2. The molecule has 4 nitrogen and oxygen atoms in total. The predicted molar refractivity (Wildman–Crippen MR) is 48.8 cm³/mol. The van der Waals surface area contributed by atoms with Gasteiger partial charge in [0.15, 0.2) is 0 Å². The summed E-state index contributed by atoms with van der Waals surface area (Å²) in [5, 5.41) is 3.95. The molecule has 4 heteroatoms. The first-order valence-electron chi connectivity index (χ1n) is 3.96. The van der Waals surface area contributed by atoms with Crippen molar-refractivity contribution < 1.29 is 0 Å². The number of rotatable bonds is 1. The van der Waals surface area contributed by atoms with E-state index in [9.17, 15) is 4.79 Å². The summed E-state index contributed by atoms with van der Waals surface area (Å²) in [7, 11) is 1.68. The summed E-state index contributed by atoms with van der Waals surface area (Å²) >= 11 is 0. The van der Waals surface area contributed by atoms with Crippen LogP contribution < -0.4 is 5.56 Å². The van der Waals surface area contributed by atoms with Crippen LogP contribution in [0, 0.1) is 0 Å². The molecule has 1 aromatic carbocycles. The van der Waals surface area contributed by atoms with Crippen molar-refractivity contribution in [1.82, 2.24) is 14.6 Å². The summed E-state index contributed by atoms with van der Waals surface area (Å²) in [5.74, 6) is 0. The van der Waals surface area contributed by atoms with Crippen molar-refractivity contribution in [2.75, 3.05) is 0 Å². The fourth-order valence-corrected chi connectivity index (χ4v) is 1.16. The number of para-hydroxylation sites is 1. The minimum atomic E-state index is -0.108. The van der Waals surface area contributed by atoms with Gasteiger partial charge in [-0.1, -0.05) is 18.2 Å². The van der Waals surface area contributed by atoms with Crippen LogP contribution in [0.15, 0.2) is 41.3 Å². The average molecular weight is 175 g/mol. The SMILES string of the molecule is Cn1c(=O)cnn1-c1ccccc1. The van der Waals surface area contributed by atoms with Crippen LogP contribution >= 0.6 is 0 Å². The predicted octanol–water partition coefficient (Wildman–Crippen LogP) is 0.571. The van der Waals surface area contributed by atoms with Crippen LogP contribution in [0.5, 0.6) is 0 Å². The molecule has 0 amide bonds. The quantitative estimate of drug-likeness (QED) is 0.635. The first kappa shape index (κ1) is 7.79. The molecule has 0 radical (unpaired) electrons. The molecule has 13 heavy (non-hydrogen) atoms. The largest absolute Gasteiger partial charge is 0.286 e. The molecule has 0 unspecified atom stereocenters. The smallest absolute Gasteiger partial charge is 0.266 e. The second-order valence-electron chi connectivity index (χ2n) is 2.73. The zero-order chi connectivity index (χ0) is 9.26. The standard InChI is InChI=1S/C9H9N3O/c1-11-9(13)7-10-12(11)8-5-3-2-4-6-8/h2-7H,1H3. The molecule has 0 aliphatic carbocycles. The Bertz CT molecular complexity index is 455. The van der Waals surface area contributed by atoms with E-state index in [4.69, 9.17) is 0 Å². The summed E-state index contributed by atoms with van der Waals surface area (Å²) in [6.07, 6.45) is 1.30. The molecule has 0 atom stereocenters. The fourth-order valence-electron chi connectivity index (χ4n) is 1.16. The second kappa shape index (κ2) is 2.90. The summed E-state index contributed by atoms with van der Waals surface area (Å²) in [4.78, 5) is 12.7. The molecule has 0 bridgehead atoms. The van der Waals surface area contributed by atoms with Gasteiger partial charge in [0.05, 0.1) is 5.69 Å². The van der Waals surface area contributed by atoms with Crippen LogP contribution in [0.2, 0.25) is 0 Å². The molecule has 0 spiro atoms. The Kier molecular flexibility index (Phi) is 1.73. The Morgan fingerprint density at radius 2 is 1.92 bits per heavy atom. The van der Waals surface area contributed by atoms with Crippen molar-refractivity contribution >= 4 is 0 Å². The van der Waals surface area contributed by atoms with E-state index in [1.54, 1.807) is 11.8 Å². The van der Waals surface area contributed by atoms with Gasteiger partial charge in [-0.3, -0.25) is 4.79 Å². The van der Waals surface area contributed by atoms with E-state index in [1.807, 2.05) is 30.3 Å². The molecule has 0 aliphatic heterocycles. The van der Waals surface area contributed by atoms with Crippen LogP contribution in [0.1, 0.15) is 0 Å². The minimum absolute atomic E-state index is 0.108. The van der Waals surface area contributed by atoms with Gasteiger partial charge < -0.3 is 0 Å². The highest BCUT2D eigenvalue weighted by Crippen LogP contribution is 2.01. The van der Waals surface area contributed by atoms with Gasteiger partial charge in [-0.15, -0.1) is 0 Å². The maximum atomic E-state index is 11.1. The van der Waals surface area contributed by atoms with Gasteiger partial charge >= 0.3 is 0 Å². The fraction of sp³-hybridized carbons (Fsp3) is 0.111. The monoisotopic (exact) mass is 175 g/mol. The second-order valence-corrected chi connectivity index (χ2v) is 2.73. The van der Waals surface area contributed by atoms with Gasteiger partial charge in [-0.05, 0) is 12.1 Å². The van der Waals surface area contributed by atoms with Gasteiger partial charge in [0.1, 0.15) is 6.20 Å². The van der Waals surface area contributed by atoms with Crippen molar-refractivity contribution in [2.24, 2.45) is 7.05 Å². The molecule has 0 saturated carbocycles. The number of nitrogens with zero attached hydrogens (tertiary/aromatic N) is 3. The Morgan fingerprint density at radius 3 is 2.46 bits per heavy atom. The van der Waals surface area contributed by atoms with Crippen molar-refractivity contribution in [3.63, 3.8) is 0 Å². The molecule has 0 aliphatic rings. The molecule has 1 heterocycles. The topological polar surface area (TPSA) is 39.8 Å². The van der Waals surface area contributed by atoms with Crippen molar-refractivity contribution in [3.05, 3.63) is 46.9 Å². The molecular weight excluding hydrogens is 166 g/mol.